The molecule has 0 radical (unpaired) electrons. The molecule has 0 saturated heterocycles. The Morgan fingerprint density at radius 1 is 0.833 bits per heavy atom. The predicted octanol–water partition coefficient (Wildman–Crippen LogP) is 4.54. The van der Waals surface area contributed by atoms with Crippen LogP contribution in [0, 0.1) is 0 Å². The smallest absolute Gasteiger partial charge is 0.215 e. The van der Waals surface area contributed by atoms with Crippen LogP contribution in [0.25, 0.3) is 0 Å². The molecule has 0 aliphatic rings. The molecule has 148 valence electrons. The average Bonchev–Trinajstić information content (AvgIpc) is 2.36. The van der Waals surface area contributed by atoms with Crippen LogP contribution in [-0.2, 0) is 13.7 Å². The van der Waals surface area contributed by atoms with E-state index in [1.54, 1.807) is 0 Å². The van der Waals surface area contributed by atoms with Gasteiger partial charge in [-0.2, -0.15) is 47.9 Å². The maximum absolute atomic E-state index is 13.5. The molecule has 0 aliphatic carbocycles. The Morgan fingerprint density at radius 3 is 1.54 bits per heavy atom. The second kappa shape index (κ2) is 6.74. The fourth-order valence-electron chi connectivity index (χ4n) is 1.44. The van der Waals surface area contributed by atoms with Crippen molar-refractivity contribution in [2.24, 2.45) is 0 Å². The van der Waals surface area contributed by atoms with Gasteiger partial charge in [0.15, 0.2) is 0 Å². The predicted molar refractivity (Wildman–Crippen MR) is 70.1 cm³/mol. The summed E-state index contributed by atoms with van der Waals surface area (Å²) in [5, 5.41) is -6.80. The van der Waals surface area contributed by atoms with Gasteiger partial charge in [0.1, 0.15) is 0 Å². The van der Waals surface area contributed by atoms with E-state index in [0.29, 0.717) is 0 Å². The summed E-state index contributed by atoms with van der Waals surface area (Å²) in [6, 6.07) is 0. The van der Waals surface area contributed by atoms with E-state index in [0.717, 1.165) is 6.26 Å². The monoisotopic (exact) mass is 418 g/mol. The zero-order valence-electron chi connectivity index (χ0n) is 12.6. The van der Waals surface area contributed by atoms with Crippen LogP contribution < -0.4 is 0 Å². The van der Waals surface area contributed by atoms with E-state index >= 15 is 0 Å². The van der Waals surface area contributed by atoms with Crippen molar-refractivity contribution < 1.29 is 51.6 Å². The maximum atomic E-state index is 13.5. The molecule has 3 nitrogen and oxygen atoms in total. The second-order valence-electron chi connectivity index (χ2n) is 4.86. The van der Waals surface area contributed by atoms with Gasteiger partial charge in [0.05, 0.1) is 0 Å². The number of rotatable bonds is 8. The summed E-state index contributed by atoms with van der Waals surface area (Å²) >= 11 is 0. The van der Waals surface area contributed by atoms with E-state index in [1.165, 1.54) is 13.8 Å². The van der Waals surface area contributed by atoms with Crippen molar-refractivity contribution in [3.8, 4) is 0 Å². The average molecular weight is 418 g/mol. The van der Waals surface area contributed by atoms with Crippen LogP contribution in [0.5, 0.6) is 0 Å². The summed E-state index contributed by atoms with van der Waals surface area (Å²) in [6.07, 6.45) is -5.92. The Hall–Kier alpha value is -0.370. The van der Waals surface area contributed by atoms with Crippen molar-refractivity contribution in [3.63, 3.8) is 0 Å². The van der Waals surface area contributed by atoms with Crippen LogP contribution in [0.2, 0.25) is 0 Å². The van der Waals surface area contributed by atoms with Crippen LogP contribution >= 0.6 is 10.3 Å². The summed E-state index contributed by atoms with van der Waals surface area (Å²) in [4.78, 5) is 0. The van der Waals surface area contributed by atoms with Gasteiger partial charge in [-0.15, -0.1) is 10.3 Å². The van der Waals surface area contributed by atoms with Crippen LogP contribution in [0.4, 0.5) is 39.5 Å². The normalized spacial score (nSPS) is 19.0. The molecule has 0 aromatic rings. The molecular weight excluding hydrogens is 403 g/mol. The molecule has 0 amide bonds. The first-order valence-electron chi connectivity index (χ1n) is 6.22. The van der Waals surface area contributed by atoms with Crippen molar-refractivity contribution in [2.75, 3.05) is 17.8 Å². The van der Waals surface area contributed by atoms with Gasteiger partial charge in [-0.25, -0.2) is 3.63 Å². The van der Waals surface area contributed by atoms with E-state index in [1.807, 2.05) is 0 Å². The minimum atomic E-state index is -7.29. The Labute approximate surface area is 134 Å². The zero-order chi connectivity index (χ0) is 19.8. The summed E-state index contributed by atoms with van der Waals surface area (Å²) in [5.74, 6) is -14.9. The van der Waals surface area contributed by atoms with E-state index < -0.39 is 43.7 Å². The van der Waals surface area contributed by atoms with Crippen molar-refractivity contribution in [1.82, 2.24) is 0 Å². The molecule has 0 saturated carbocycles. The first kappa shape index (κ1) is 23.6. The minimum Gasteiger partial charge on any atom is -0.215 e. The van der Waals surface area contributed by atoms with Crippen molar-refractivity contribution in [2.45, 2.75) is 43.5 Å². The van der Waals surface area contributed by atoms with Gasteiger partial charge in [-0.3, -0.25) is 0 Å². The molecule has 0 heterocycles. The first-order valence-corrected chi connectivity index (χ1v) is 9.93. The molecule has 0 fully saturated rings. The molecule has 1 unspecified atom stereocenters. The molecule has 0 bridgehead atoms. The highest BCUT2D eigenvalue weighted by Gasteiger charge is 2.86. The second-order valence-corrected chi connectivity index (χ2v) is 10.2. The number of hydrogen-bond donors (Lipinski definition) is 0. The molecule has 0 N–H and O–H groups in total. The topological polar surface area (TPSA) is 43.4 Å². The first-order chi connectivity index (χ1) is 10.3. The highest BCUT2D eigenvalue weighted by Crippen LogP contribution is 2.57. The number of halogens is 9. The third-order valence-electron chi connectivity index (χ3n) is 2.93. The standard InChI is InChI=1S/C10H15F9O3S2/c1-4-6-23(3,5-2)22-24(20,21)10(18,19)8(13,14)7(11,12)9(15,16)17/h4-6H2,1-3H3. The molecular formula is C10H15F9O3S2. The van der Waals surface area contributed by atoms with E-state index in [4.69, 9.17) is 0 Å². The van der Waals surface area contributed by atoms with Crippen molar-refractivity contribution >= 4 is 20.4 Å². The molecule has 0 rings (SSSR count). The molecule has 0 aliphatic heterocycles. The van der Waals surface area contributed by atoms with Crippen LogP contribution in [-0.4, -0.2) is 49.5 Å². The van der Waals surface area contributed by atoms with Crippen LogP contribution in [0.3, 0.4) is 0 Å². The van der Waals surface area contributed by atoms with Crippen LogP contribution in [0.15, 0.2) is 0 Å². The molecule has 14 heteroatoms. The summed E-state index contributed by atoms with van der Waals surface area (Å²) < 4.78 is 141. The van der Waals surface area contributed by atoms with Gasteiger partial charge >= 0.3 is 33.4 Å². The maximum Gasteiger partial charge on any atom is 0.460 e. The minimum absolute atomic E-state index is 0.167. The van der Waals surface area contributed by atoms with Gasteiger partial charge in [0.25, 0.3) is 0 Å². The van der Waals surface area contributed by atoms with Crippen LogP contribution in [0.1, 0.15) is 20.3 Å². The molecule has 24 heavy (non-hydrogen) atoms. The van der Waals surface area contributed by atoms with Crippen molar-refractivity contribution in [1.29, 1.82) is 0 Å². The van der Waals surface area contributed by atoms with Gasteiger partial charge < -0.3 is 0 Å². The Kier molecular flexibility index (Phi) is 6.64. The summed E-state index contributed by atoms with van der Waals surface area (Å²) in [5.41, 5.74) is 0. The Balaban J connectivity index is 6.04. The van der Waals surface area contributed by atoms with E-state index in [-0.39, 0.29) is 17.9 Å². The summed E-state index contributed by atoms with van der Waals surface area (Å²) in [6.45, 7) is 2.74. The van der Waals surface area contributed by atoms with E-state index in [2.05, 4.69) is 3.63 Å². The largest absolute Gasteiger partial charge is 0.460 e. The third kappa shape index (κ3) is 3.89. The quantitative estimate of drug-likeness (QED) is 0.544. The fourth-order valence-corrected chi connectivity index (χ4v) is 5.76. The molecule has 0 aromatic carbocycles. The SMILES string of the molecule is CCCS(C)(CC)OS(=O)(=O)C(F)(F)C(F)(F)C(F)(F)C(F)(F)F. The number of hydrogen-bond acceptors (Lipinski definition) is 3. The van der Waals surface area contributed by atoms with Gasteiger partial charge in [0.2, 0.25) is 0 Å². The fraction of sp³-hybridized carbons (Fsp3) is 1.00. The Bertz CT molecular complexity index is 544. The highest BCUT2D eigenvalue weighted by molar-refractivity contribution is 8.32. The molecule has 0 spiro atoms. The lowest BCUT2D eigenvalue weighted by Gasteiger charge is -2.37. The lowest BCUT2D eigenvalue weighted by atomic mass is 10.1. The summed E-state index contributed by atoms with van der Waals surface area (Å²) in [7, 11) is -9.72. The Morgan fingerprint density at radius 2 is 1.25 bits per heavy atom. The molecule has 1 atom stereocenters. The van der Waals surface area contributed by atoms with Gasteiger partial charge in [-0.1, -0.05) is 13.8 Å². The zero-order valence-corrected chi connectivity index (χ0v) is 14.2. The molecule has 0 aromatic heterocycles. The lowest BCUT2D eigenvalue weighted by Crippen LogP contribution is -2.63. The highest BCUT2D eigenvalue weighted by atomic mass is 32.3. The van der Waals surface area contributed by atoms with Gasteiger partial charge in [-0.05, 0) is 24.2 Å². The number of alkyl halides is 9. The van der Waals surface area contributed by atoms with E-state index in [9.17, 15) is 47.9 Å². The third-order valence-corrected chi connectivity index (χ3v) is 8.34. The lowest BCUT2D eigenvalue weighted by molar-refractivity contribution is -0.382. The van der Waals surface area contributed by atoms with Crippen molar-refractivity contribution in [3.05, 3.63) is 0 Å². The van der Waals surface area contributed by atoms with Gasteiger partial charge in [0, 0.05) is 0 Å².